The zero-order valence-electron chi connectivity index (χ0n) is 9.20. The first-order valence-electron chi connectivity index (χ1n) is 5.60. The van der Waals surface area contributed by atoms with E-state index in [2.05, 4.69) is 11.8 Å². The molecule has 0 radical (unpaired) electrons. The highest BCUT2D eigenvalue weighted by Crippen LogP contribution is 2.24. The molecule has 82 valence electrons. The fraction of sp³-hybridized carbons (Fsp3) is 0.909. The average Bonchev–Trinajstić information content (AvgIpc) is 2.41. The van der Waals surface area contributed by atoms with Gasteiger partial charge in [0.25, 0.3) is 0 Å². The molecule has 1 rings (SSSR count). The van der Waals surface area contributed by atoms with Crippen molar-refractivity contribution in [3.63, 3.8) is 0 Å². The van der Waals surface area contributed by atoms with Crippen LogP contribution in [-0.4, -0.2) is 35.6 Å². The van der Waals surface area contributed by atoms with Crippen LogP contribution >= 0.6 is 0 Å². The fourth-order valence-electron chi connectivity index (χ4n) is 2.20. The Hall–Kier alpha value is -0.570. The Morgan fingerprint density at radius 1 is 1.50 bits per heavy atom. The lowest BCUT2D eigenvalue weighted by atomic mass is 9.88. The Labute approximate surface area is 86.1 Å². The molecule has 0 aliphatic carbocycles. The maximum Gasteiger partial charge on any atom is 0.306 e. The van der Waals surface area contributed by atoms with Crippen molar-refractivity contribution in [3.05, 3.63) is 0 Å². The number of carboxylic acid groups (broad SMARTS) is 1. The van der Waals surface area contributed by atoms with Crippen LogP contribution in [0.2, 0.25) is 0 Å². The van der Waals surface area contributed by atoms with Crippen molar-refractivity contribution in [2.45, 2.75) is 33.1 Å². The largest absolute Gasteiger partial charge is 0.481 e. The predicted octanol–water partition coefficient (Wildman–Crippen LogP) is 1.83. The average molecular weight is 199 g/mol. The molecule has 0 spiro atoms. The fourth-order valence-corrected chi connectivity index (χ4v) is 2.20. The summed E-state index contributed by atoms with van der Waals surface area (Å²) < 4.78 is 0. The van der Waals surface area contributed by atoms with Gasteiger partial charge in [-0.25, -0.2) is 0 Å². The minimum Gasteiger partial charge on any atom is -0.481 e. The molecule has 0 aromatic heterocycles. The summed E-state index contributed by atoms with van der Waals surface area (Å²) in [4.78, 5) is 13.3. The highest BCUT2D eigenvalue weighted by atomic mass is 16.4. The third-order valence-corrected chi connectivity index (χ3v) is 3.41. The Morgan fingerprint density at radius 2 is 2.21 bits per heavy atom. The van der Waals surface area contributed by atoms with Gasteiger partial charge in [-0.3, -0.25) is 4.79 Å². The standard InChI is InChI=1S/C11H21NO2/c1-3-12-7-4-5-10(6-8-12)9(2)11(13)14/h9-10H,3-8H2,1-2H3,(H,13,14). The van der Waals surface area contributed by atoms with Gasteiger partial charge < -0.3 is 10.0 Å². The summed E-state index contributed by atoms with van der Waals surface area (Å²) in [5, 5.41) is 8.94. The van der Waals surface area contributed by atoms with Gasteiger partial charge in [0.1, 0.15) is 0 Å². The van der Waals surface area contributed by atoms with E-state index in [4.69, 9.17) is 5.11 Å². The van der Waals surface area contributed by atoms with Gasteiger partial charge in [0.2, 0.25) is 0 Å². The first-order chi connectivity index (χ1) is 6.65. The topological polar surface area (TPSA) is 40.5 Å². The van der Waals surface area contributed by atoms with Crippen LogP contribution in [0.25, 0.3) is 0 Å². The van der Waals surface area contributed by atoms with Gasteiger partial charge in [0.05, 0.1) is 5.92 Å². The van der Waals surface area contributed by atoms with E-state index < -0.39 is 5.97 Å². The molecule has 14 heavy (non-hydrogen) atoms. The summed E-state index contributed by atoms with van der Waals surface area (Å²) in [6.45, 7) is 7.31. The molecule has 0 amide bonds. The van der Waals surface area contributed by atoms with Gasteiger partial charge in [-0.15, -0.1) is 0 Å². The van der Waals surface area contributed by atoms with E-state index in [1.165, 1.54) is 0 Å². The van der Waals surface area contributed by atoms with Crippen LogP contribution in [0.5, 0.6) is 0 Å². The van der Waals surface area contributed by atoms with Crippen molar-refractivity contribution in [2.75, 3.05) is 19.6 Å². The van der Waals surface area contributed by atoms with Crippen molar-refractivity contribution in [2.24, 2.45) is 11.8 Å². The summed E-state index contributed by atoms with van der Waals surface area (Å²) >= 11 is 0. The third-order valence-electron chi connectivity index (χ3n) is 3.41. The van der Waals surface area contributed by atoms with Crippen LogP contribution < -0.4 is 0 Å². The molecule has 1 heterocycles. The molecule has 0 aromatic carbocycles. The van der Waals surface area contributed by atoms with E-state index in [-0.39, 0.29) is 5.92 Å². The monoisotopic (exact) mass is 199 g/mol. The number of likely N-dealkylation sites (tertiary alicyclic amines) is 1. The maximum absolute atomic E-state index is 10.8. The van der Waals surface area contributed by atoms with Crippen LogP contribution in [0.15, 0.2) is 0 Å². The summed E-state index contributed by atoms with van der Waals surface area (Å²) in [6, 6.07) is 0. The second kappa shape index (κ2) is 5.35. The molecule has 1 N–H and O–H groups in total. The summed E-state index contributed by atoms with van der Waals surface area (Å²) in [5.74, 6) is -0.434. The molecule has 2 unspecified atom stereocenters. The molecule has 3 heteroatoms. The maximum atomic E-state index is 10.8. The summed E-state index contributed by atoms with van der Waals surface area (Å²) in [5.41, 5.74) is 0. The molecule has 1 aliphatic rings. The second-order valence-corrected chi connectivity index (χ2v) is 4.25. The highest BCUT2D eigenvalue weighted by molar-refractivity contribution is 5.69. The van der Waals surface area contributed by atoms with Gasteiger partial charge in [-0.1, -0.05) is 13.8 Å². The van der Waals surface area contributed by atoms with E-state index in [1.54, 1.807) is 0 Å². The quantitative estimate of drug-likeness (QED) is 0.754. The number of nitrogens with zero attached hydrogens (tertiary/aromatic N) is 1. The lowest BCUT2D eigenvalue weighted by molar-refractivity contribution is -0.143. The number of carbonyl (C=O) groups is 1. The number of hydrogen-bond donors (Lipinski definition) is 1. The molecule has 0 saturated carbocycles. The van der Waals surface area contributed by atoms with Crippen molar-refractivity contribution in [1.29, 1.82) is 0 Å². The van der Waals surface area contributed by atoms with Gasteiger partial charge in [0.15, 0.2) is 0 Å². The molecular weight excluding hydrogens is 178 g/mol. The minimum atomic E-state index is -0.639. The molecule has 1 aliphatic heterocycles. The van der Waals surface area contributed by atoms with E-state index in [0.29, 0.717) is 5.92 Å². The lowest BCUT2D eigenvalue weighted by Gasteiger charge is -2.19. The van der Waals surface area contributed by atoms with Gasteiger partial charge >= 0.3 is 5.97 Å². The number of carboxylic acids is 1. The highest BCUT2D eigenvalue weighted by Gasteiger charge is 2.25. The smallest absolute Gasteiger partial charge is 0.306 e. The van der Waals surface area contributed by atoms with Gasteiger partial charge in [-0.2, -0.15) is 0 Å². The van der Waals surface area contributed by atoms with Gasteiger partial charge in [0, 0.05) is 0 Å². The number of aliphatic carboxylic acids is 1. The molecule has 0 bridgehead atoms. The Bertz CT molecular complexity index is 194. The SMILES string of the molecule is CCN1CCCC(C(C)C(=O)O)CC1. The normalized spacial score (nSPS) is 26.9. The number of rotatable bonds is 3. The lowest BCUT2D eigenvalue weighted by Crippen LogP contribution is -2.25. The molecule has 1 fully saturated rings. The summed E-state index contributed by atoms with van der Waals surface area (Å²) in [6.07, 6.45) is 3.27. The predicted molar refractivity (Wildman–Crippen MR) is 56.3 cm³/mol. The van der Waals surface area contributed by atoms with Crippen LogP contribution in [0.4, 0.5) is 0 Å². The molecule has 1 saturated heterocycles. The first kappa shape index (κ1) is 11.5. The van der Waals surface area contributed by atoms with Crippen LogP contribution in [-0.2, 0) is 4.79 Å². The van der Waals surface area contributed by atoms with Crippen LogP contribution in [0, 0.1) is 11.8 Å². The number of hydrogen-bond acceptors (Lipinski definition) is 2. The molecule has 3 nitrogen and oxygen atoms in total. The van der Waals surface area contributed by atoms with Crippen molar-refractivity contribution < 1.29 is 9.90 Å². The zero-order chi connectivity index (χ0) is 10.6. The van der Waals surface area contributed by atoms with E-state index in [1.807, 2.05) is 6.92 Å². The van der Waals surface area contributed by atoms with Crippen molar-refractivity contribution in [3.8, 4) is 0 Å². The first-order valence-corrected chi connectivity index (χ1v) is 5.60. The molecule has 2 atom stereocenters. The van der Waals surface area contributed by atoms with Crippen molar-refractivity contribution in [1.82, 2.24) is 4.90 Å². The Balaban J connectivity index is 2.45. The second-order valence-electron chi connectivity index (χ2n) is 4.25. The van der Waals surface area contributed by atoms with Gasteiger partial charge in [-0.05, 0) is 44.8 Å². The van der Waals surface area contributed by atoms with Crippen molar-refractivity contribution >= 4 is 5.97 Å². The van der Waals surface area contributed by atoms with Crippen LogP contribution in [0.3, 0.4) is 0 Å². The minimum absolute atomic E-state index is 0.174. The molecular formula is C11H21NO2. The Kier molecular flexibility index (Phi) is 4.39. The third kappa shape index (κ3) is 2.98. The van der Waals surface area contributed by atoms with E-state index in [9.17, 15) is 4.79 Å². The zero-order valence-corrected chi connectivity index (χ0v) is 9.20. The Morgan fingerprint density at radius 3 is 2.79 bits per heavy atom. The molecule has 0 aromatic rings. The van der Waals surface area contributed by atoms with Crippen LogP contribution in [0.1, 0.15) is 33.1 Å². The summed E-state index contributed by atoms with van der Waals surface area (Å²) in [7, 11) is 0. The van der Waals surface area contributed by atoms with E-state index in [0.717, 1.165) is 38.9 Å². The van der Waals surface area contributed by atoms with E-state index >= 15 is 0 Å².